The second-order valence-electron chi connectivity index (χ2n) is 5.60. The Balaban J connectivity index is 1.76. The lowest BCUT2D eigenvalue weighted by molar-refractivity contribution is 0.102. The summed E-state index contributed by atoms with van der Waals surface area (Å²) in [5.74, 6) is -0.291. The van der Waals surface area contributed by atoms with Crippen LogP contribution in [0.1, 0.15) is 10.4 Å². The van der Waals surface area contributed by atoms with Gasteiger partial charge in [-0.1, -0.05) is 6.07 Å². The van der Waals surface area contributed by atoms with Crippen molar-refractivity contribution in [1.82, 2.24) is 20.1 Å². The Bertz CT molecular complexity index is 950. The summed E-state index contributed by atoms with van der Waals surface area (Å²) in [4.78, 5) is 28.0. The molecule has 3 aromatic rings. The zero-order valence-electron chi connectivity index (χ0n) is 14.4. The first-order valence-corrected chi connectivity index (χ1v) is 7.89. The molecule has 0 unspecified atom stereocenters. The standard InChI is InChI=1S/C18H18N6O2/c1-19-18(26)23-16-5-3-4-15(7-16)22-17(25)13-6-12(8-20-9-13)14-10-21-24(2)11-14/h3-11H,1-2H3,(H,22,25)(H2,19,23,26). The third-order valence-electron chi connectivity index (χ3n) is 3.64. The predicted molar refractivity (Wildman–Crippen MR) is 98.9 cm³/mol. The van der Waals surface area contributed by atoms with Gasteiger partial charge in [0.15, 0.2) is 0 Å². The van der Waals surface area contributed by atoms with Gasteiger partial charge in [0.25, 0.3) is 5.91 Å². The first kappa shape index (κ1) is 17.2. The number of carbonyl (C=O) groups is 2. The number of aromatic nitrogens is 3. The van der Waals surface area contributed by atoms with Gasteiger partial charge in [-0.2, -0.15) is 5.10 Å². The quantitative estimate of drug-likeness (QED) is 0.673. The molecule has 132 valence electrons. The topological polar surface area (TPSA) is 101 Å². The number of pyridine rings is 1. The van der Waals surface area contributed by atoms with Gasteiger partial charge in [0, 0.05) is 55.2 Å². The maximum absolute atomic E-state index is 12.5. The Morgan fingerprint density at radius 2 is 1.77 bits per heavy atom. The molecule has 8 heteroatoms. The van der Waals surface area contributed by atoms with Crippen molar-refractivity contribution < 1.29 is 9.59 Å². The highest BCUT2D eigenvalue weighted by molar-refractivity contribution is 6.05. The van der Waals surface area contributed by atoms with Crippen LogP contribution in [-0.2, 0) is 7.05 Å². The predicted octanol–water partition coefficient (Wildman–Crippen LogP) is 2.49. The van der Waals surface area contributed by atoms with E-state index in [-0.39, 0.29) is 11.9 Å². The summed E-state index contributed by atoms with van der Waals surface area (Å²) in [5, 5.41) is 12.1. The summed E-state index contributed by atoms with van der Waals surface area (Å²) >= 11 is 0. The lowest BCUT2D eigenvalue weighted by Crippen LogP contribution is -2.24. The van der Waals surface area contributed by atoms with E-state index in [1.807, 2.05) is 13.2 Å². The number of nitrogens with one attached hydrogen (secondary N) is 3. The van der Waals surface area contributed by atoms with Crippen LogP contribution in [0.4, 0.5) is 16.2 Å². The van der Waals surface area contributed by atoms with E-state index in [2.05, 4.69) is 26.0 Å². The van der Waals surface area contributed by atoms with E-state index < -0.39 is 0 Å². The van der Waals surface area contributed by atoms with E-state index in [0.29, 0.717) is 16.9 Å². The minimum absolute atomic E-state index is 0.291. The van der Waals surface area contributed by atoms with Crippen LogP contribution in [0.15, 0.2) is 55.1 Å². The van der Waals surface area contributed by atoms with E-state index in [1.54, 1.807) is 47.4 Å². The fourth-order valence-electron chi connectivity index (χ4n) is 2.36. The Labute approximate surface area is 150 Å². The summed E-state index contributed by atoms with van der Waals surface area (Å²) in [6.07, 6.45) is 6.75. The third-order valence-corrected chi connectivity index (χ3v) is 3.64. The van der Waals surface area contributed by atoms with Crippen LogP contribution in [0, 0.1) is 0 Å². The van der Waals surface area contributed by atoms with Crippen molar-refractivity contribution in [3.63, 3.8) is 0 Å². The van der Waals surface area contributed by atoms with Gasteiger partial charge in [0.1, 0.15) is 0 Å². The van der Waals surface area contributed by atoms with Crippen molar-refractivity contribution in [3.05, 3.63) is 60.7 Å². The lowest BCUT2D eigenvalue weighted by atomic mass is 10.1. The molecule has 1 aromatic carbocycles. The van der Waals surface area contributed by atoms with Crippen LogP contribution >= 0.6 is 0 Å². The smallest absolute Gasteiger partial charge is 0.318 e. The molecule has 2 aromatic heterocycles. The molecule has 0 fully saturated rings. The molecule has 0 atom stereocenters. The number of rotatable bonds is 4. The molecule has 0 aliphatic carbocycles. The van der Waals surface area contributed by atoms with Gasteiger partial charge in [0.05, 0.1) is 11.8 Å². The van der Waals surface area contributed by atoms with Crippen LogP contribution in [0.25, 0.3) is 11.1 Å². The van der Waals surface area contributed by atoms with Gasteiger partial charge in [-0.15, -0.1) is 0 Å². The Kier molecular flexibility index (Phi) is 4.93. The average molecular weight is 350 g/mol. The third kappa shape index (κ3) is 4.04. The van der Waals surface area contributed by atoms with Gasteiger partial charge in [-0.05, 0) is 24.3 Å². The van der Waals surface area contributed by atoms with Crippen molar-refractivity contribution in [2.45, 2.75) is 0 Å². The number of aryl methyl sites for hydroxylation is 1. The van der Waals surface area contributed by atoms with E-state index in [0.717, 1.165) is 11.1 Å². The number of amides is 3. The number of urea groups is 1. The molecular formula is C18H18N6O2. The SMILES string of the molecule is CNC(=O)Nc1cccc(NC(=O)c2cncc(-c3cnn(C)c3)c2)c1. The molecule has 0 radical (unpaired) electrons. The van der Waals surface area contributed by atoms with E-state index in [1.165, 1.54) is 13.2 Å². The lowest BCUT2D eigenvalue weighted by Gasteiger charge is -2.09. The number of benzene rings is 1. The zero-order valence-corrected chi connectivity index (χ0v) is 14.4. The highest BCUT2D eigenvalue weighted by Gasteiger charge is 2.10. The van der Waals surface area contributed by atoms with Crippen LogP contribution in [0.5, 0.6) is 0 Å². The molecule has 0 spiro atoms. The highest BCUT2D eigenvalue weighted by atomic mass is 16.2. The maximum atomic E-state index is 12.5. The van der Waals surface area contributed by atoms with E-state index in [9.17, 15) is 9.59 Å². The molecule has 0 saturated carbocycles. The molecular weight excluding hydrogens is 332 g/mol. The maximum Gasteiger partial charge on any atom is 0.318 e. The second kappa shape index (κ2) is 7.47. The molecule has 0 saturated heterocycles. The highest BCUT2D eigenvalue weighted by Crippen LogP contribution is 2.20. The minimum atomic E-state index is -0.332. The van der Waals surface area contributed by atoms with Crippen LogP contribution in [-0.4, -0.2) is 33.8 Å². The van der Waals surface area contributed by atoms with Crippen LogP contribution in [0.2, 0.25) is 0 Å². The van der Waals surface area contributed by atoms with Gasteiger partial charge in [0.2, 0.25) is 0 Å². The monoisotopic (exact) mass is 350 g/mol. The Morgan fingerprint density at radius 1 is 1.00 bits per heavy atom. The molecule has 0 aliphatic rings. The molecule has 8 nitrogen and oxygen atoms in total. The molecule has 0 aliphatic heterocycles. The number of carbonyl (C=O) groups excluding carboxylic acids is 2. The molecule has 0 bridgehead atoms. The number of hydrogen-bond donors (Lipinski definition) is 3. The van der Waals surface area contributed by atoms with Crippen molar-refractivity contribution in [2.75, 3.05) is 17.7 Å². The van der Waals surface area contributed by atoms with E-state index >= 15 is 0 Å². The van der Waals surface area contributed by atoms with Gasteiger partial charge in [-0.25, -0.2) is 4.79 Å². The minimum Gasteiger partial charge on any atom is -0.341 e. The molecule has 3 amide bonds. The fraction of sp³-hybridized carbons (Fsp3) is 0.111. The zero-order chi connectivity index (χ0) is 18.5. The van der Waals surface area contributed by atoms with Gasteiger partial charge < -0.3 is 16.0 Å². The largest absolute Gasteiger partial charge is 0.341 e. The number of nitrogens with zero attached hydrogens (tertiary/aromatic N) is 3. The Hall–Kier alpha value is -3.68. The van der Waals surface area contributed by atoms with Crippen LogP contribution < -0.4 is 16.0 Å². The van der Waals surface area contributed by atoms with Crippen molar-refractivity contribution >= 4 is 23.3 Å². The molecule has 2 heterocycles. The summed E-state index contributed by atoms with van der Waals surface area (Å²) < 4.78 is 1.69. The van der Waals surface area contributed by atoms with E-state index in [4.69, 9.17) is 0 Å². The van der Waals surface area contributed by atoms with Crippen molar-refractivity contribution in [2.24, 2.45) is 7.05 Å². The van der Waals surface area contributed by atoms with Gasteiger partial charge in [-0.3, -0.25) is 14.5 Å². The molecule has 3 rings (SSSR count). The summed E-state index contributed by atoms with van der Waals surface area (Å²) in [5.41, 5.74) is 3.25. The average Bonchev–Trinajstić information content (AvgIpc) is 3.08. The summed E-state index contributed by atoms with van der Waals surface area (Å²) in [6, 6.07) is 8.31. The van der Waals surface area contributed by atoms with Crippen molar-refractivity contribution in [1.29, 1.82) is 0 Å². The summed E-state index contributed by atoms with van der Waals surface area (Å²) in [6.45, 7) is 0. The summed E-state index contributed by atoms with van der Waals surface area (Å²) in [7, 11) is 3.36. The van der Waals surface area contributed by atoms with Crippen molar-refractivity contribution in [3.8, 4) is 11.1 Å². The fourth-order valence-corrected chi connectivity index (χ4v) is 2.36. The molecule has 3 N–H and O–H groups in total. The normalized spacial score (nSPS) is 10.2. The second-order valence-corrected chi connectivity index (χ2v) is 5.60. The Morgan fingerprint density at radius 3 is 2.46 bits per heavy atom. The molecule has 26 heavy (non-hydrogen) atoms. The number of hydrogen-bond acceptors (Lipinski definition) is 4. The first-order chi connectivity index (χ1) is 12.5. The first-order valence-electron chi connectivity index (χ1n) is 7.89. The number of anilines is 2. The van der Waals surface area contributed by atoms with Gasteiger partial charge >= 0.3 is 6.03 Å². The van der Waals surface area contributed by atoms with Crippen LogP contribution in [0.3, 0.4) is 0 Å².